The van der Waals surface area contributed by atoms with Crippen LogP contribution in [0.1, 0.15) is 6.42 Å². The molecule has 0 bridgehead atoms. The number of hydrogen-bond acceptors (Lipinski definition) is 2. The van der Waals surface area contributed by atoms with Crippen LogP contribution in [0.4, 0.5) is 5.69 Å². The van der Waals surface area contributed by atoms with E-state index in [2.05, 4.69) is 6.58 Å². The molecule has 0 aromatic heterocycles. The predicted molar refractivity (Wildman–Crippen MR) is 67.3 cm³/mol. The first-order valence-electron chi connectivity index (χ1n) is 5.54. The van der Waals surface area contributed by atoms with Crippen molar-refractivity contribution in [2.75, 3.05) is 11.9 Å². The molecule has 1 heterocycles. The third kappa shape index (κ3) is 1.16. The normalized spacial score (nSPS) is 34.6. The van der Waals surface area contributed by atoms with E-state index < -0.39 is 15.5 Å². The molecular weight excluding hydrogens is 234 g/mol. The van der Waals surface area contributed by atoms with Crippen molar-refractivity contribution in [2.45, 2.75) is 16.1 Å². The molecular formula is C13H13NO2S. The number of carbonyl (C=O) groups is 1. The number of rotatable bonds is 1. The Balaban J connectivity index is 2.19. The minimum absolute atomic E-state index is 0.0422. The van der Waals surface area contributed by atoms with Crippen molar-refractivity contribution in [1.82, 2.24) is 0 Å². The maximum Gasteiger partial charge on any atom is 0.246 e. The van der Waals surface area contributed by atoms with Crippen LogP contribution < -0.4 is 4.90 Å². The van der Waals surface area contributed by atoms with E-state index in [0.29, 0.717) is 6.42 Å². The Morgan fingerprint density at radius 1 is 1.53 bits per heavy atom. The lowest BCUT2D eigenvalue weighted by Crippen LogP contribution is -2.46. The molecule has 0 radical (unpaired) electrons. The fraction of sp³-hybridized carbons (Fsp3) is 0.308. The standard InChI is InChI=1S/C13H13NO2S/c1-3-9-8-13(9)12(15)14(2)10-6-4-5-7-11(10)17(13)16/h3-7,9H,1,8H2,2H3/t9-,13+,17+/m1/s1. The molecule has 1 aromatic carbocycles. The molecule has 3 atom stereocenters. The van der Waals surface area contributed by atoms with E-state index in [1.54, 1.807) is 18.0 Å². The maximum atomic E-state index is 12.5. The van der Waals surface area contributed by atoms with Crippen LogP contribution in [-0.4, -0.2) is 21.9 Å². The number of allylic oxidation sites excluding steroid dienone is 1. The monoisotopic (exact) mass is 247 g/mol. The molecule has 17 heavy (non-hydrogen) atoms. The fourth-order valence-corrected chi connectivity index (χ4v) is 4.55. The molecule has 3 rings (SSSR count). The molecule has 0 unspecified atom stereocenters. The second-order valence-electron chi connectivity index (χ2n) is 4.54. The molecule has 1 saturated carbocycles. The lowest BCUT2D eigenvalue weighted by molar-refractivity contribution is -0.118. The Labute approximate surface area is 103 Å². The average Bonchev–Trinajstić information content (AvgIpc) is 3.10. The van der Waals surface area contributed by atoms with Gasteiger partial charge < -0.3 is 4.90 Å². The smallest absolute Gasteiger partial charge is 0.246 e. The molecule has 1 aromatic rings. The highest BCUT2D eigenvalue weighted by Gasteiger charge is 2.66. The predicted octanol–water partition coefficient (Wildman–Crippen LogP) is 1.72. The molecule has 0 saturated heterocycles. The molecule has 2 aliphatic rings. The van der Waals surface area contributed by atoms with Gasteiger partial charge in [-0.1, -0.05) is 18.2 Å². The summed E-state index contributed by atoms with van der Waals surface area (Å²) in [6, 6.07) is 7.40. The van der Waals surface area contributed by atoms with Gasteiger partial charge >= 0.3 is 0 Å². The Bertz CT molecular complexity index is 554. The first kappa shape index (κ1) is 10.7. The van der Waals surface area contributed by atoms with Crippen LogP contribution >= 0.6 is 0 Å². The van der Waals surface area contributed by atoms with Crippen molar-refractivity contribution in [1.29, 1.82) is 0 Å². The molecule has 1 amide bonds. The topological polar surface area (TPSA) is 37.4 Å². The van der Waals surface area contributed by atoms with Crippen LogP contribution in [0.5, 0.6) is 0 Å². The summed E-state index contributed by atoms with van der Waals surface area (Å²) >= 11 is 0. The summed E-state index contributed by atoms with van der Waals surface area (Å²) in [5.41, 5.74) is 0.760. The lowest BCUT2D eigenvalue weighted by Gasteiger charge is -2.31. The summed E-state index contributed by atoms with van der Waals surface area (Å²) in [7, 11) is 0.490. The summed E-state index contributed by atoms with van der Waals surface area (Å²) < 4.78 is 11.8. The van der Waals surface area contributed by atoms with E-state index in [1.807, 2.05) is 24.3 Å². The second-order valence-corrected chi connectivity index (χ2v) is 6.24. The Hall–Kier alpha value is -1.42. The van der Waals surface area contributed by atoms with E-state index >= 15 is 0 Å². The van der Waals surface area contributed by atoms with Crippen LogP contribution in [0.25, 0.3) is 0 Å². The van der Waals surface area contributed by atoms with Gasteiger partial charge in [-0.25, -0.2) is 0 Å². The zero-order chi connectivity index (χ0) is 12.2. The molecule has 1 aliphatic carbocycles. The van der Waals surface area contributed by atoms with Gasteiger partial charge in [0.05, 0.1) is 21.4 Å². The summed E-state index contributed by atoms with van der Waals surface area (Å²) in [6.45, 7) is 3.72. The van der Waals surface area contributed by atoms with Crippen molar-refractivity contribution in [2.24, 2.45) is 5.92 Å². The van der Waals surface area contributed by atoms with E-state index in [0.717, 1.165) is 10.6 Å². The van der Waals surface area contributed by atoms with Crippen LogP contribution in [0, 0.1) is 5.92 Å². The Morgan fingerprint density at radius 3 is 2.88 bits per heavy atom. The lowest BCUT2D eigenvalue weighted by atomic mass is 10.2. The summed E-state index contributed by atoms with van der Waals surface area (Å²) in [4.78, 5) is 14.7. The number of para-hydroxylation sites is 1. The van der Waals surface area contributed by atoms with Gasteiger partial charge in [0.1, 0.15) is 4.75 Å². The van der Waals surface area contributed by atoms with E-state index in [9.17, 15) is 9.00 Å². The SMILES string of the molecule is C=C[C@@H]1C[C@@]12C(=O)N(C)c1ccccc1[S@@]2=O. The third-order valence-corrected chi connectivity index (χ3v) is 5.72. The summed E-state index contributed by atoms with van der Waals surface area (Å²) in [6.07, 6.45) is 2.40. The molecule has 88 valence electrons. The van der Waals surface area contributed by atoms with Crippen molar-refractivity contribution in [3.05, 3.63) is 36.9 Å². The number of hydrogen-bond donors (Lipinski definition) is 0. The fourth-order valence-electron chi connectivity index (χ4n) is 2.56. The van der Waals surface area contributed by atoms with E-state index in [4.69, 9.17) is 0 Å². The Kier molecular flexibility index (Phi) is 2.08. The number of nitrogens with zero attached hydrogens (tertiary/aromatic N) is 1. The largest absolute Gasteiger partial charge is 0.313 e. The van der Waals surface area contributed by atoms with Gasteiger partial charge in [-0.15, -0.1) is 6.58 Å². The molecule has 1 spiro atoms. The molecule has 3 nitrogen and oxygen atoms in total. The number of amides is 1. The number of anilines is 1. The highest BCUT2D eigenvalue weighted by molar-refractivity contribution is 7.88. The van der Waals surface area contributed by atoms with Gasteiger partial charge in [-0.05, 0) is 18.6 Å². The molecule has 4 heteroatoms. The Morgan fingerprint density at radius 2 is 2.24 bits per heavy atom. The number of carbonyl (C=O) groups excluding carboxylic acids is 1. The third-order valence-electron chi connectivity index (χ3n) is 3.67. The van der Waals surface area contributed by atoms with Gasteiger partial charge in [-0.3, -0.25) is 9.00 Å². The van der Waals surface area contributed by atoms with Crippen molar-refractivity contribution >= 4 is 22.4 Å². The van der Waals surface area contributed by atoms with Crippen LogP contribution in [0.15, 0.2) is 41.8 Å². The summed E-state index contributed by atoms with van der Waals surface area (Å²) in [5.74, 6) is 0.00562. The van der Waals surface area contributed by atoms with E-state index in [1.165, 1.54) is 0 Å². The highest BCUT2D eigenvalue weighted by atomic mass is 32.2. The minimum atomic E-state index is -1.26. The average molecular weight is 247 g/mol. The van der Waals surface area contributed by atoms with Crippen LogP contribution in [-0.2, 0) is 15.6 Å². The van der Waals surface area contributed by atoms with Gasteiger partial charge in [0.2, 0.25) is 5.91 Å². The van der Waals surface area contributed by atoms with Gasteiger partial charge in [0.25, 0.3) is 0 Å². The van der Waals surface area contributed by atoms with Crippen molar-refractivity contribution < 1.29 is 9.00 Å². The maximum absolute atomic E-state index is 12.5. The van der Waals surface area contributed by atoms with Crippen LogP contribution in [0.2, 0.25) is 0 Å². The van der Waals surface area contributed by atoms with Crippen molar-refractivity contribution in [3.63, 3.8) is 0 Å². The second kappa shape index (κ2) is 3.29. The first-order valence-corrected chi connectivity index (χ1v) is 6.69. The van der Waals surface area contributed by atoms with Crippen LogP contribution in [0.3, 0.4) is 0 Å². The zero-order valence-electron chi connectivity index (χ0n) is 9.55. The van der Waals surface area contributed by atoms with Crippen molar-refractivity contribution in [3.8, 4) is 0 Å². The van der Waals surface area contributed by atoms with Gasteiger partial charge in [-0.2, -0.15) is 0 Å². The van der Waals surface area contributed by atoms with E-state index in [-0.39, 0.29) is 11.8 Å². The first-order chi connectivity index (χ1) is 8.13. The highest BCUT2D eigenvalue weighted by Crippen LogP contribution is 2.56. The van der Waals surface area contributed by atoms with Gasteiger partial charge in [0.15, 0.2) is 0 Å². The zero-order valence-corrected chi connectivity index (χ0v) is 10.4. The summed E-state index contributed by atoms with van der Waals surface area (Å²) in [5, 5.41) is 0. The quantitative estimate of drug-likeness (QED) is 0.709. The van der Waals surface area contributed by atoms with Gasteiger partial charge in [0, 0.05) is 13.0 Å². The molecule has 0 N–H and O–H groups in total. The number of fused-ring (bicyclic) bond motifs is 1. The molecule has 1 fully saturated rings. The molecule has 1 aliphatic heterocycles. The minimum Gasteiger partial charge on any atom is -0.313 e. The number of benzene rings is 1.